The Balaban J connectivity index is 1.43. The SMILES string of the molecule is C=C(F)C(=O)N1CCN(c2ncnc3c2CCCN(c2cccc4cccc(C)c24)C3)C[C@@H]1C. The van der Waals surface area contributed by atoms with Gasteiger partial charge < -0.3 is 14.7 Å². The van der Waals surface area contributed by atoms with Crippen molar-refractivity contribution in [3.8, 4) is 0 Å². The van der Waals surface area contributed by atoms with Gasteiger partial charge in [0.15, 0.2) is 5.83 Å². The van der Waals surface area contributed by atoms with Gasteiger partial charge in [0.1, 0.15) is 12.1 Å². The Morgan fingerprint density at radius 3 is 2.65 bits per heavy atom. The molecule has 176 valence electrons. The van der Waals surface area contributed by atoms with Crippen LogP contribution in [0.4, 0.5) is 15.9 Å². The molecule has 1 aromatic heterocycles. The van der Waals surface area contributed by atoms with Crippen molar-refractivity contribution >= 4 is 28.2 Å². The molecule has 1 saturated heterocycles. The van der Waals surface area contributed by atoms with Crippen LogP contribution in [-0.2, 0) is 17.8 Å². The van der Waals surface area contributed by atoms with E-state index in [1.165, 1.54) is 27.6 Å². The van der Waals surface area contributed by atoms with E-state index in [-0.39, 0.29) is 6.04 Å². The van der Waals surface area contributed by atoms with Gasteiger partial charge in [0.2, 0.25) is 0 Å². The summed E-state index contributed by atoms with van der Waals surface area (Å²) < 4.78 is 13.4. The standard InChI is InChI=1S/C27H30FN5O/c1-18-7-4-8-21-9-5-11-24(25(18)21)31-12-6-10-22-23(16-31)29-17-30-26(22)32-13-14-33(19(2)15-32)27(34)20(3)28/h4-5,7-9,11,17,19H,3,6,10,12-16H2,1-2H3/t19-/m0/s1. The number of halogens is 1. The molecule has 2 aliphatic heterocycles. The molecule has 0 bridgehead atoms. The smallest absolute Gasteiger partial charge is 0.282 e. The predicted molar refractivity (Wildman–Crippen MR) is 134 cm³/mol. The lowest BCUT2D eigenvalue weighted by atomic mass is 10.0. The second-order valence-electron chi connectivity index (χ2n) is 9.30. The molecule has 2 aliphatic rings. The summed E-state index contributed by atoms with van der Waals surface area (Å²) in [6.45, 7) is 10.6. The molecule has 0 saturated carbocycles. The number of amides is 1. The summed E-state index contributed by atoms with van der Waals surface area (Å²) >= 11 is 0. The van der Waals surface area contributed by atoms with E-state index in [4.69, 9.17) is 4.98 Å². The molecular formula is C27H30FN5O. The number of hydrogen-bond acceptors (Lipinski definition) is 5. The van der Waals surface area contributed by atoms with Crippen LogP contribution < -0.4 is 9.80 Å². The van der Waals surface area contributed by atoms with Gasteiger partial charge in [0.05, 0.1) is 12.2 Å². The van der Waals surface area contributed by atoms with Crippen molar-refractivity contribution in [2.75, 3.05) is 36.0 Å². The fraction of sp³-hybridized carbons (Fsp3) is 0.370. The van der Waals surface area contributed by atoms with E-state index in [2.05, 4.69) is 64.7 Å². The van der Waals surface area contributed by atoms with Crippen molar-refractivity contribution < 1.29 is 9.18 Å². The Hall–Kier alpha value is -3.48. The zero-order valence-corrected chi connectivity index (χ0v) is 19.8. The molecular weight excluding hydrogens is 429 g/mol. The van der Waals surface area contributed by atoms with E-state index in [1.807, 2.05) is 6.92 Å². The lowest BCUT2D eigenvalue weighted by Crippen LogP contribution is -2.54. The van der Waals surface area contributed by atoms with Gasteiger partial charge in [-0.1, -0.05) is 36.9 Å². The van der Waals surface area contributed by atoms with E-state index in [0.29, 0.717) is 19.6 Å². The summed E-state index contributed by atoms with van der Waals surface area (Å²) in [5.74, 6) is -0.575. The van der Waals surface area contributed by atoms with Crippen molar-refractivity contribution in [3.05, 3.63) is 72.0 Å². The van der Waals surface area contributed by atoms with Gasteiger partial charge in [-0.25, -0.2) is 14.4 Å². The topological polar surface area (TPSA) is 52.6 Å². The minimum Gasteiger partial charge on any atom is -0.365 e. The third-order valence-corrected chi connectivity index (χ3v) is 7.06. The largest absolute Gasteiger partial charge is 0.365 e. The van der Waals surface area contributed by atoms with Crippen LogP contribution in [0.5, 0.6) is 0 Å². The fourth-order valence-corrected chi connectivity index (χ4v) is 5.39. The number of carbonyl (C=O) groups is 1. The molecule has 0 aliphatic carbocycles. The highest BCUT2D eigenvalue weighted by Gasteiger charge is 2.31. The molecule has 0 radical (unpaired) electrons. The lowest BCUT2D eigenvalue weighted by Gasteiger charge is -2.40. The summed E-state index contributed by atoms with van der Waals surface area (Å²) in [6, 6.07) is 12.8. The van der Waals surface area contributed by atoms with Gasteiger partial charge >= 0.3 is 0 Å². The maximum Gasteiger partial charge on any atom is 0.282 e. The Labute approximate surface area is 199 Å². The maximum absolute atomic E-state index is 13.4. The molecule has 1 atom stereocenters. The van der Waals surface area contributed by atoms with E-state index in [1.54, 1.807) is 11.2 Å². The molecule has 1 amide bonds. The first-order chi connectivity index (χ1) is 16.4. The normalized spacial score (nSPS) is 18.6. The molecule has 0 spiro atoms. The summed E-state index contributed by atoms with van der Waals surface area (Å²) in [4.78, 5) is 27.7. The molecule has 0 N–H and O–H groups in total. The average molecular weight is 460 g/mol. The summed E-state index contributed by atoms with van der Waals surface area (Å²) in [5, 5.41) is 2.55. The number of benzene rings is 2. The Bertz CT molecular complexity index is 1250. The van der Waals surface area contributed by atoms with Gasteiger partial charge in [0.25, 0.3) is 5.91 Å². The van der Waals surface area contributed by atoms with Crippen LogP contribution in [0.3, 0.4) is 0 Å². The first-order valence-corrected chi connectivity index (χ1v) is 11.9. The van der Waals surface area contributed by atoms with Crippen molar-refractivity contribution in [2.24, 2.45) is 0 Å². The minimum absolute atomic E-state index is 0.125. The summed E-state index contributed by atoms with van der Waals surface area (Å²) in [6.07, 6.45) is 3.56. The highest BCUT2D eigenvalue weighted by atomic mass is 19.1. The van der Waals surface area contributed by atoms with Crippen molar-refractivity contribution in [1.82, 2.24) is 14.9 Å². The average Bonchev–Trinajstić information content (AvgIpc) is 3.06. The Morgan fingerprint density at radius 2 is 1.88 bits per heavy atom. The lowest BCUT2D eigenvalue weighted by molar-refractivity contribution is -0.131. The maximum atomic E-state index is 13.4. The number of nitrogens with zero attached hydrogens (tertiary/aromatic N) is 5. The van der Waals surface area contributed by atoms with Gasteiger partial charge in [-0.15, -0.1) is 0 Å². The van der Waals surface area contributed by atoms with Crippen LogP contribution >= 0.6 is 0 Å². The molecule has 3 aromatic rings. The molecule has 2 aromatic carbocycles. The van der Waals surface area contributed by atoms with Crippen molar-refractivity contribution in [1.29, 1.82) is 0 Å². The van der Waals surface area contributed by atoms with Crippen LogP contribution in [0.2, 0.25) is 0 Å². The number of aryl methyl sites for hydroxylation is 1. The Morgan fingerprint density at radius 1 is 1.09 bits per heavy atom. The monoisotopic (exact) mass is 459 g/mol. The number of piperazine rings is 1. The van der Waals surface area contributed by atoms with Crippen molar-refractivity contribution in [2.45, 2.75) is 39.3 Å². The zero-order chi connectivity index (χ0) is 23.8. The van der Waals surface area contributed by atoms with Crippen LogP contribution in [-0.4, -0.2) is 53.0 Å². The van der Waals surface area contributed by atoms with Gasteiger partial charge in [-0.2, -0.15) is 0 Å². The third kappa shape index (κ3) is 4.00. The number of anilines is 2. The van der Waals surface area contributed by atoms with Gasteiger partial charge in [-0.05, 0) is 43.7 Å². The molecule has 6 nitrogen and oxygen atoms in total. The van der Waals surface area contributed by atoms with E-state index >= 15 is 0 Å². The summed E-state index contributed by atoms with van der Waals surface area (Å²) in [5.41, 5.74) is 4.76. The van der Waals surface area contributed by atoms with E-state index in [0.717, 1.165) is 37.4 Å². The molecule has 1 fully saturated rings. The minimum atomic E-state index is -0.903. The van der Waals surface area contributed by atoms with Crippen LogP contribution in [0.15, 0.2) is 55.1 Å². The van der Waals surface area contributed by atoms with E-state index in [9.17, 15) is 9.18 Å². The predicted octanol–water partition coefficient (Wildman–Crippen LogP) is 4.41. The van der Waals surface area contributed by atoms with Crippen LogP contribution in [0, 0.1) is 6.92 Å². The number of aromatic nitrogens is 2. The first-order valence-electron chi connectivity index (χ1n) is 11.9. The number of carbonyl (C=O) groups excluding carboxylic acids is 1. The number of hydrogen-bond donors (Lipinski definition) is 0. The van der Waals surface area contributed by atoms with Gasteiger partial charge in [0, 0.05) is 48.9 Å². The fourth-order valence-electron chi connectivity index (χ4n) is 5.39. The quantitative estimate of drug-likeness (QED) is 0.543. The van der Waals surface area contributed by atoms with Crippen molar-refractivity contribution in [3.63, 3.8) is 0 Å². The third-order valence-electron chi connectivity index (χ3n) is 7.06. The van der Waals surface area contributed by atoms with Crippen LogP contribution in [0.1, 0.15) is 30.2 Å². The molecule has 34 heavy (non-hydrogen) atoms. The summed E-state index contributed by atoms with van der Waals surface area (Å²) in [7, 11) is 0. The number of fused-ring (bicyclic) bond motifs is 2. The first kappa shape index (κ1) is 22.3. The Kier molecular flexibility index (Phi) is 5.94. The van der Waals surface area contributed by atoms with Gasteiger partial charge in [-0.3, -0.25) is 4.79 Å². The molecule has 5 rings (SSSR count). The second kappa shape index (κ2) is 9.05. The molecule has 0 unspecified atom stereocenters. The zero-order valence-electron chi connectivity index (χ0n) is 19.8. The van der Waals surface area contributed by atoms with Crippen LogP contribution in [0.25, 0.3) is 10.8 Å². The van der Waals surface area contributed by atoms with E-state index < -0.39 is 11.7 Å². The molecule has 3 heterocycles. The highest BCUT2D eigenvalue weighted by molar-refractivity contribution is 5.97. The number of rotatable bonds is 3. The molecule has 7 heteroatoms. The second-order valence-corrected chi connectivity index (χ2v) is 9.30. The highest BCUT2D eigenvalue weighted by Crippen LogP contribution is 2.34.